The Balaban J connectivity index is 0.000000257. The van der Waals surface area contributed by atoms with E-state index in [1.54, 1.807) is 12.1 Å². The number of benzene rings is 2. The predicted octanol–water partition coefficient (Wildman–Crippen LogP) is 2.66. The summed E-state index contributed by atoms with van der Waals surface area (Å²) in [6.45, 7) is 2.33. The molecule has 0 aromatic heterocycles. The first kappa shape index (κ1) is 20.7. The number of halogens is 1. The summed E-state index contributed by atoms with van der Waals surface area (Å²) in [6, 6.07) is 11.9. The van der Waals surface area contributed by atoms with E-state index in [1.807, 2.05) is 18.2 Å². The molecule has 0 aliphatic carbocycles. The molecule has 3 unspecified atom stereocenters. The Kier molecular flexibility index (Phi) is 7.07. The highest BCUT2D eigenvalue weighted by Crippen LogP contribution is 2.43. The molecule has 0 amide bonds. The van der Waals surface area contributed by atoms with Crippen LogP contribution in [0.1, 0.15) is 6.92 Å². The van der Waals surface area contributed by atoms with E-state index in [0.717, 1.165) is 17.4 Å². The third-order valence-corrected chi connectivity index (χ3v) is 6.21. The lowest BCUT2D eigenvalue weighted by Gasteiger charge is -2.17. The summed E-state index contributed by atoms with van der Waals surface area (Å²) in [7, 11) is -7.38. The number of fused-ring (bicyclic) bond motifs is 1. The van der Waals surface area contributed by atoms with Crippen molar-refractivity contribution in [2.24, 2.45) is 5.73 Å². The quantitative estimate of drug-likeness (QED) is 0.557. The van der Waals surface area contributed by atoms with Gasteiger partial charge < -0.3 is 10.6 Å². The number of nitrogens with two attached hydrogens (primary N) is 1. The Morgan fingerprint density at radius 2 is 1.75 bits per heavy atom. The van der Waals surface area contributed by atoms with Gasteiger partial charge in [-0.3, -0.25) is 9.12 Å². The molecule has 134 valence electrons. The summed E-state index contributed by atoms with van der Waals surface area (Å²) in [5, 5.41) is 1.74. The third kappa shape index (κ3) is 5.96. The summed E-state index contributed by atoms with van der Waals surface area (Å²) in [6.07, 6.45) is -1.37. The average Bonchev–Trinajstić information content (AvgIpc) is 2.51. The normalized spacial score (nSPS) is 16.6. The van der Waals surface area contributed by atoms with E-state index in [-0.39, 0.29) is 11.4 Å². The molecule has 4 N–H and O–H groups in total. The standard InChI is InChI=1S/C10H8O3S.C5H13FNO2P/c11-14(12,13)10-6-5-8-3-1-2-4-9(8)7-10;1-4(5(6)3-7)10(2,8)9/h1-7H,(H,11,12,13);4-5H,3,7H2,1-2H3,(H,8,9). The fourth-order valence-electron chi connectivity index (χ4n) is 1.82. The van der Waals surface area contributed by atoms with Crippen LogP contribution < -0.4 is 5.73 Å². The van der Waals surface area contributed by atoms with Crippen LogP contribution in [0.15, 0.2) is 47.4 Å². The minimum Gasteiger partial charge on any atom is -0.344 e. The van der Waals surface area contributed by atoms with Crippen LogP contribution in [-0.4, -0.2) is 42.9 Å². The minimum atomic E-state index is -4.09. The molecule has 0 saturated heterocycles. The van der Waals surface area contributed by atoms with E-state index >= 15 is 0 Å². The van der Waals surface area contributed by atoms with Crippen molar-refractivity contribution in [1.29, 1.82) is 0 Å². The maximum absolute atomic E-state index is 12.6. The van der Waals surface area contributed by atoms with Gasteiger partial charge in [-0.15, -0.1) is 0 Å². The van der Waals surface area contributed by atoms with Crippen molar-refractivity contribution in [3.63, 3.8) is 0 Å². The van der Waals surface area contributed by atoms with Crippen molar-refractivity contribution in [2.45, 2.75) is 23.6 Å². The zero-order valence-corrected chi connectivity index (χ0v) is 15.0. The van der Waals surface area contributed by atoms with Crippen LogP contribution in [0.3, 0.4) is 0 Å². The molecule has 0 saturated carbocycles. The second-order valence-electron chi connectivity index (χ2n) is 5.42. The maximum atomic E-state index is 12.6. The molecular weight excluding hydrogens is 356 g/mol. The van der Waals surface area contributed by atoms with Crippen LogP contribution in [0.4, 0.5) is 4.39 Å². The largest absolute Gasteiger partial charge is 0.344 e. The molecule has 3 atom stereocenters. The number of rotatable bonds is 4. The Bertz CT molecular complexity index is 837. The zero-order valence-electron chi connectivity index (χ0n) is 13.3. The van der Waals surface area contributed by atoms with Crippen molar-refractivity contribution < 1.29 is 26.8 Å². The van der Waals surface area contributed by atoms with Crippen LogP contribution in [0.2, 0.25) is 0 Å². The first-order chi connectivity index (χ1) is 11.0. The van der Waals surface area contributed by atoms with Crippen LogP contribution in [0.25, 0.3) is 10.8 Å². The SMILES string of the molecule is CC(C(F)CN)P(C)(=O)O.O=S(=O)(O)c1ccc2ccccc2c1. The average molecular weight is 377 g/mol. The van der Waals surface area contributed by atoms with Gasteiger partial charge in [-0.25, -0.2) is 4.39 Å². The van der Waals surface area contributed by atoms with Gasteiger partial charge in [-0.2, -0.15) is 8.42 Å². The van der Waals surface area contributed by atoms with Crippen molar-refractivity contribution in [1.82, 2.24) is 0 Å². The van der Waals surface area contributed by atoms with Gasteiger partial charge in [-0.1, -0.05) is 37.3 Å². The molecular formula is C15H21FNO5PS. The Morgan fingerprint density at radius 1 is 1.21 bits per heavy atom. The molecule has 0 fully saturated rings. The van der Waals surface area contributed by atoms with E-state index in [4.69, 9.17) is 15.2 Å². The van der Waals surface area contributed by atoms with Gasteiger partial charge in [0.1, 0.15) is 6.17 Å². The molecule has 24 heavy (non-hydrogen) atoms. The highest BCUT2D eigenvalue weighted by atomic mass is 32.2. The zero-order chi connectivity index (χ0) is 18.5. The van der Waals surface area contributed by atoms with E-state index in [1.165, 1.54) is 19.1 Å². The topological polar surface area (TPSA) is 118 Å². The molecule has 0 spiro atoms. The second-order valence-corrected chi connectivity index (χ2v) is 9.54. The molecule has 9 heteroatoms. The smallest absolute Gasteiger partial charge is 0.294 e. The molecule has 0 radical (unpaired) electrons. The van der Waals surface area contributed by atoms with Gasteiger partial charge >= 0.3 is 0 Å². The Labute approximate surface area is 140 Å². The predicted molar refractivity (Wildman–Crippen MR) is 92.9 cm³/mol. The fraction of sp³-hybridized carbons (Fsp3) is 0.333. The van der Waals surface area contributed by atoms with Crippen molar-refractivity contribution in [3.05, 3.63) is 42.5 Å². The molecule has 6 nitrogen and oxygen atoms in total. The minimum absolute atomic E-state index is 0.0730. The van der Waals surface area contributed by atoms with E-state index in [9.17, 15) is 17.4 Å². The van der Waals surface area contributed by atoms with E-state index in [0.29, 0.717) is 0 Å². The van der Waals surface area contributed by atoms with Gasteiger partial charge in [0.15, 0.2) is 0 Å². The summed E-state index contributed by atoms with van der Waals surface area (Å²) in [5.41, 5.74) is 4.11. The number of alkyl halides is 1. The lowest BCUT2D eigenvalue weighted by atomic mass is 10.1. The molecule has 2 rings (SSSR count). The molecule has 0 heterocycles. The second kappa shape index (κ2) is 8.18. The van der Waals surface area contributed by atoms with Crippen LogP contribution in [0.5, 0.6) is 0 Å². The summed E-state index contributed by atoms with van der Waals surface area (Å²) in [4.78, 5) is 8.77. The molecule has 2 aromatic rings. The van der Waals surface area contributed by atoms with Crippen molar-refractivity contribution in [2.75, 3.05) is 13.2 Å². The van der Waals surface area contributed by atoms with Crippen LogP contribution >= 0.6 is 7.37 Å². The van der Waals surface area contributed by atoms with Crippen LogP contribution in [-0.2, 0) is 14.7 Å². The van der Waals surface area contributed by atoms with E-state index < -0.39 is 29.3 Å². The van der Waals surface area contributed by atoms with Gasteiger partial charge in [0.05, 0.1) is 10.6 Å². The number of hydrogen-bond donors (Lipinski definition) is 3. The van der Waals surface area contributed by atoms with Gasteiger partial charge in [0, 0.05) is 13.2 Å². The summed E-state index contributed by atoms with van der Waals surface area (Å²) < 4.78 is 53.8. The van der Waals surface area contributed by atoms with E-state index in [2.05, 4.69) is 0 Å². The summed E-state index contributed by atoms with van der Waals surface area (Å²) >= 11 is 0. The lowest BCUT2D eigenvalue weighted by molar-refractivity contribution is 0.320. The van der Waals surface area contributed by atoms with Crippen LogP contribution in [0, 0.1) is 0 Å². The van der Waals surface area contributed by atoms with Gasteiger partial charge in [0.2, 0.25) is 7.37 Å². The lowest BCUT2D eigenvalue weighted by Crippen LogP contribution is -2.26. The molecule has 0 aliphatic heterocycles. The molecule has 0 bridgehead atoms. The highest BCUT2D eigenvalue weighted by molar-refractivity contribution is 7.85. The van der Waals surface area contributed by atoms with Crippen molar-refractivity contribution in [3.8, 4) is 0 Å². The first-order valence-corrected chi connectivity index (χ1v) is 10.7. The highest BCUT2D eigenvalue weighted by Gasteiger charge is 2.28. The van der Waals surface area contributed by atoms with Gasteiger partial charge in [-0.05, 0) is 22.9 Å². The monoisotopic (exact) mass is 377 g/mol. The molecule has 0 aliphatic rings. The van der Waals surface area contributed by atoms with Gasteiger partial charge in [0.25, 0.3) is 10.1 Å². The number of hydrogen-bond acceptors (Lipinski definition) is 4. The molecule has 2 aromatic carbocycles. The van der Waals surface area contributed by atoms with Crippen molar-refractivity contribution >= 4 is 28.3 Å². The Hall–Kier alpha value is -1.31. The maximum Gasteiger partial charge on any atom is 0.294 e. The fourth-order valence-corrected chi connectivity index (χ4v) is 3.06. The third-order valence-electron chi connectivity index (χ3n) is 3.52. The first-order valence-electron chi connectivity index (χ1n) is 7.07. The Morgan fingerprint density at radius 3 is 2.17 bits per heavy atom. The summed E-state index contributed by atoms with van der Waals surface area (Å²) in [5.74, 6) is 0.